The van der Waals surface area contributed by atoms with Crippen molar-refractivity contribution in [3.8, 4) is 0 Å². The maximum absolute atomic E-state index is 11.2. The fourth-order valence-electron chi connectivity index (χ4n) is 5.92. The Balaban J connectivity index is 1.43. The van der Waals surface area contributed by atoms with Gasteiger partial charge in [-0.05, 0) is 54.2 Å². The molecule has 0 N–H and O–H groups in total. The summed E-state index contributed by atoms with van der Waals surface area (Å²) in [5.74, 6) is 0. The first-order valence-electron chi connectivity index (χ1n) is 11.0. The van der Waals surface area contributed by atoms with Gasteiger partial charge in [-0.3, -0.25) is 0 Å². The molecular weight excluding hydrogens is 368 g/mol. The standard InChI is InChI=1S/C28H28O2/c29-22-27-19-26(20-27,21-27)17-10-18-30-28(23-11-4-1-5-12-23,24-13-6-2-7-14-24)25-15-8-3-9-16-25/h1-9,11-16,22H,10,17-21H2. The number of hydrogen-bond acceptors (Lipinski definition) is 2. The zero-order valence-corrected chi connectivity index (χ0v) is 17.3. The molecule has 0 aliphatic heterocycles. The molecule has 0 heterocycles. The number of aldehydes is 1. The molecule has 3 aromatic carbocycles. The minimum absolute atomic E-state index is 0.0444. The molecule has 0 atom stereocenters. The van der Waals surface area contributed by atoms with Gasteiger partial charge in [0.25, 0.3) is 0 Å². The lowest BCUT2D eigenvalue weighted by Gasteiger charge is -2.68. The SMILES string of the molecule is O=CC12CC(CCCOC(c3ccccc3)(c3ccccc3)c3ccccc3)(C1)C2. The van der Waals surface area contributed by atoms with Crippen molar-refractivity contribution >= 4 is 6.29 Å². The molecular formula is C28H28O2. The fourth-order valence-corrected chi connectivity index (χ4v) is 5.92. The highest BCUT2D eigenvalue weighted by Crippen LogP contribution is 2.74. The van der Waals surface area contributed by atoms with Crippen LogP contribution in [0.5, 0.6) is 0 Å². The Bertz CT molecular complexity index is 878. The summed E-state index contributed by atoms with van der Waals surface area (Å²) in [7, 11) is 0. The summed E-state index contributed by atoms with van der Waals surface area (Å²) in [6, 6.07) is 31.6. The maximum Gasteiger partial charge on any atom is 0.143 e. The summed E-state index contributed by atoms with van der Waals surface area (Å²) in [6.07, 6.45) is 6.62. The monoisotopic (exact) mass is 396 g/mol. The topological polar surface area (TPSA) is 26.3 Å². The van der Waals surface area contributed by atoms with Gasteiger partial charge in [0, 0.05) is 12.0 Å². The van der Waals surface area contributed by atoms with E-state index in [0.29, 0.717) is 12.0 Å². The molecule has 3 aliphatic rings. The molecule has 2 heteroatoms. The smallest absolute Gasteiger partial charge is 0.143 e. The number of carbonyl (C=O) groups excluding carboxylic acids is 1. The van der Waals surface area contributed by atoms with Gasteiger partial charge in [0.15, 0.2) is 0 Å². The molecule has 0 radical (unpaired) electrons. The zero-order chi connectivity index (χ0) is 20.5. The van der Waals surface area contributed by atoms with Crippen LogP contribution in [0, 0.1) is 10.8 Å². The second kappa shape index (κ2) is 7.52. The molecule has 0 spiro atoms. The Morgan fingerprint density at radius 1 is 0.733 bits per heavy atom. The number of carbonyl (C=O) groups is 1. The minimum Gasteiger partial charge on any atom is -0.361 e. The molecule has 152 valence electrons. The van der Waals surface area contributed by atoms with Crippen LogP contribution in [0.1, 0.15) is 48.8 Å². The molecule has 2 nitrogen and oxygen atoms in total. The second-order valence-corrected chi connectivity index (χ2v) is 9.24. The predicted octanol–water partition coefficient (Wildman–Crippen LogP) is 6.14. The van der Waals surface area contributed by atoms with Gasteiger partial charge in [-0.1, -0.05) is 91.0 Å². The van der Waals surface area contributed by atoms with Crippen LogP contribution >= 0.6 is 0 Å². The van der Waals surface area contributed by atoms with E-state index >= 15 is 0 Å². The van der Waals surface area contributed by atoms with Gasteiger partial charge in [0.2, 0.25) is 0 Å². The van der Waals surface area contributed by atoms with Crippen molar-refractivity contribution in [2.45, 2.75) is 37.7 Å². The van der Waals surface area contributed by atoms with Crippen molar-refractivity contribution in [3.05, 3.63) is 108 Å². The van der Waals surface area contributed by atoms with Crippen LogP contribution in [0.15, 0.2) is 91.0 Å². The van der Waals surface area contributed by atoms with Crippen LogP contribution in [0.2, 0.25) is 0 Å². The van der Waals surface area contributed by atoms with Crippen molar-refractivity contribution < 1.29 is 9.53 Å². The largest absolute Gasteiger partial charge is 0.361 e. The normalized spacial score (nSPS) is 24.5. The molecule has 3 aliphatic carbocycles. The van der Waals surface area contributed by atoms with E-state index in [1.54, 1.807) is 0 Å². The average molecular weight is 397 g/mol. The number of rotatable bonds is 9. The maximum atomic E-state index is 11.2. The minimum atomic E-state index is -0.632. The molecule has 30 heavy (non-hydrogen) atoms. The van der Waals surface area contributed by atoms with Crippen LogP contribution in [0.25, 0.3) is 0 Å². The Morgan fingerprint density at radius 2 is 1.17 bits per heavy atom. The van der Waals surface area contributed by atoms with E-state index < -0.39 is 5.60 Å². The third-order valence-electron chi connectivity index (χ3n) is 7.14. The zero-order valence-electron chi connectivity index (χ0n) is 17.3. The lowest BCUT2D eigenvalue weighted by Crippen LogP contribution is -2.62. The summed E-state index contributed by atoms with van der Waals surface area (Å²) in [6.45, 7) is 0.689. The van der Waals surface area contributed by atoms with Gasteiger partial charge in [0.05, 0.1) is 0 Å². The van der Waals surface area contributed by atoms with Gasteiger partial charge < -0.3 is 9.53 Å². The molecule has 3 fully saturated rings. The third kappa shape index (κ3) is 3.11. The second-order valence-electron chi connectivity index (χ2n) is 9.24. The van der Waals surface area contributed by atoms with Crippen LogP contribution in [-0.4, -0.2) is 12.9 Å². The predicted molar refractivity (Wildman–Crippen MR) is 119 cm³/mol. The fraction of sp³-hybridized carbons (Fsp3) is 0.321. The lowest BCUT2D eigenvalue weighted by atomic mass is 9.35. The van der Waals surface area contributed by atoms with Crippen LogP contribution in [0.3, 0.4) is 0 Å². The van der Waals surface area contributed by atoms with E-state index in [9.17, 15) is 4.79 Å². The van der Waals surface area contributed by atoms with Gasteiger partial charge in [-0.2, -0.15) is 0 Å². The first-order chi connectivity index (χ1) is 14.7. The van der Waals surface area contributed by atoms with Gasteiger partial charge in [-0.25, -0.2) is 0 Å². The Labute approximate surface area is 178 Å². The highest BCUT2D eigenvalue weighted by molar-refractivity contribution is 5.66. The molecule has 0 saturated heterocycles. The Hall–Kier alpha value is -2.71. The van der Waals surface area contributed by atoms with Crippen LogP contribution in [-0.2, 0) is 15.1 Å². The molecule has 3 aromatic rings. The number of benzene rings is 3. The summed E-state index contributed by atoms with van der Waals surface area (Å²) >= 11 is 0. The Morgan fingerprint density at radius 3 is 1.57 bits per heavy atom. The van der Waals surface area contributed by atoms with E-state index in [0.717, 1.165) is 48.8 Å². The number of hydrogen-bond donors (Lipinski definition) is 0. The quantitative estimate of drug-likeness (QED) is 0.246. The van der Waals surface area contributed by atoms with E-state index in [-0.39, 0.29) is 5.41 Å². The van der Waals surface area contributed by atoms with Crippen molar-refractivity contribution in [3.63, 3.8) is 0 Å². The Kier molecular flexibility index (Phi) is 4.83. The third-order valence-corrected chi connectivity index (χ3v) is 7.14. The molecule has 0 unspecified atom stereocenters. The lowest BCUT2D eigenvalue weighted by molar-refractivity contribution is -0.198. The van der Waals surface area contributed by atoms with Gasteiger partial charge in [-0.15, -0.1) is 0 Å². The van der Waals surface area contributed by atoms with Crippen LogP contribution in [0.4, 0.5) is 0 Å². The first-order valence-corrected chi connectivity index (χ1v) is 11.0. The molecule has 0 amide bonds. The highest BCUT2D eigenvalue weighted by atomic mass is 16.5. The summed E-state index contributed by atoms with van der Waals surface area (Å²) < 4.78 is 6.85. The average Bonchev–Trinajstić information content (AvgIpc) is 2.76. The highest BCUT2D eigenvalue weighted by Gasteiger charge is 2.66. The van der Waals surface area contributed by atoms with E-state index in [1.165, 1.54) is 6.29 Å². The van der Waals surface area contributed by atoms with E-state index in [2.05, 4.69) is 91.0 Å². The van der Waals surface area contributed by atoms with Crippen molar-refractivity contribution in [2.24, 2.45) is 10.8 Å². The van der Waals surface area contributed by atoms with E-state index in [1.807, 2.05) is 0 Å². The van der Waals surface area contributed by atoms with Gasteiger partial charge >= 0.3 is 0 Å². The van der Waals surface area contributed by atoms with Crippen molar-refractivity contribution in [1.82, 2.24) is 0 Å². The molecule has 3 saturated carbocycles. The summed E-state index contributed by atoms with van der Waals surface area (Å²) in [4.78, 5) is 11.2. The summed E-state index contributed by atoms with van der Waals surface area (Å²) in [5.41, 5.74) is 3.27. The molecule has 2 bridgehead atoms. The van der Waals surface area contributed by atoms with E-state index in [4.69, 9.17) is 4.74 Å². The molecule has 6 rings (SSSR count). The first kappa shape index (κ1) is 19.3. The molecule has 0 aromatic heterocycles. The van der Waals surface area contributed by atoms with Crippen molar-refractivity contribution in [1.29, 1.82) is 0 Å². The summed E-state index contributed by atoms with van der Waals surface area (Å²) in [5, 5.41) is 0. The number of ether oxygens (including phenoxy) is 1. The van der Waals surface area contributed by atoms with Crippen molar-refractivity contribution in [2.75, 3.05) is 6.61 Å². The van der Waals surface area contributed by atoms with Gasteiger partial charge in [0.1, 0.15) is 11.9 Å². The van der Waals surface area contributed by atoms with Crippen LogP contribution < -0.4 is 0 Å².